The normalized spacial score (nSPS) is 22.2. The van der Waals surface area contributed by atoms with Crippen molar-refractivity contribution in [2.75, 3.05) is 13.3 Å². The summed E-state index contributed by atoms with van der Waals surface area (Å²) >= 11 is 1.69. The first kappa shape index (κ1) is 15.5. The Kier molecular flexibility index (Phi) is 3.94. The predicted molar refractivity (Wildman–Crippen MR) is 92.2 cm³/mol. The van der Waals surface area contributed by atoms with E-state index in [1.165, 1.54) is 5.56 Å². The third-order valence-electron chi connectivity index (χ3n) is 4.90. The van der Waals surface area contributed by atoms with Crippen molar-refractivity contribution in [1.82, 2.24) is 10.2 Å². The summed E-state index contributed by atoms with van der Waals surface area (Å²) in [6.45, 7) is 4.58. The van der Waals surface area contributed by atoms with Gasteiger partial charge in [0.2, 0.25) is 12.7 Å². The Morgan fingerprint density at radius 2 is 2.17 bits per heavy atom. The molecule has 1 unspecified atom stereocenters. The lowest BCUT2D eigenvalue weighted by atomic mass is 9.85. The lowest BCUT2D eigenvalue weighted by molar-refractivity contribution is -0.142. The maximum absolute atomic E-state index is 12.7. The second kappa shape index (κ2) is 6.11. The van der Waals surface area contributed by atoms with E-state index in [1.807, 2.05) is 25.1 Å². The zero-order valence-corrected chi connectivity index (χ0v) is 14.4. The van der Waals surface area contributed by atoms with Crippen molar-refractivity contribution in [3.05, 3.63) is 46.2 Å². The van der Waals surface area contributed by atoms with Crippen LogP contribution in [0.1, 0.15) is 24.5 Å². The Balaban J connectivity index is 1.37. The molecular weight excluding hydrogens is 324 g/mol. The van der Waals surface area contributed by atoms with Crippen molar-refractivity contribution in [2.45, 2.75) is 32.0 Å². The van der Waals surface area contributed by atoms with Gasteiger partial charge >= 0.3 is 0 Å². The Morgan fingerprint density at radius 3 is 2.92 bits per heavy atom. The van der Waals surface area contributed by atoms with E-state index in [-0.39, 0.29) is 12.7 Å². The van der Waals surface area contributed by atoms with Crippen molar-refractivity contribution in [2.24, 2.45) is 0 Å². The van der Waals surface area contributed by atoms with Crippen LogP contribution in [0.3, 0.4) is 0 Å². The summed E-state index contributed by atoms with van der Waals surface area (Å²) in [5.41, 5.74) is 1.87. The third-order valence-corrected chi connectivity index (χ3v) is 5.63. The summed E-state index contributed by atoms with van der Waals surface area (Å²) in [4.78, 5) is 14.9. The van der Waals surface area contributed by atoms with E-state index >= 15 is 0 Å². The molecule has 1 saturated heterocycles. The van der Waals surface area contributed by atoms with Gasteiger partial charge in [0.05, 0.1) is 5.54 Å². The van der Waals surface area contributed by atoms with Crippen molar-refractivity contribution in [1.29, 1.82) is 0 Å². The topological polar surface area (TPSA) is 50.8 Å². The van der Waals surface area contributed by atoms with Gasteiger partial charge in [-0.25, -0.2) is 0 Å². The molecule has 2 aliphatic rings. The average molecular weight is 344 g/mol. The zero-order valence-electron chi connectivity index (χ0n) is 13.6. The van der Waals surface area contributed by atoms with E-state index in [2.05, 4.69) is 27.0 Å². The predicted octanol–water partition coefficient (Wildman–Crippen LogP) is 2.76. The number of likely N-dealkylation sites (tertiary alicyclic amines) is 1. The van der Waals surface area contributed by atoms with Gasteiger partial charge in [-0.3, -0.25) is 9.69 Å². The number of thiophene rings is 1. The summed E-state index contributed by atoms with van der Waals surface area (Å²) in [5.74, 6) is 1.59. The number of ether oxygens (including phenoxy) is 2. The first-order valence-electron chi connectivity index (χ1n) is 8.08. The number of benzene rings is 1. The van der Waals surface area contributed by atoms with Crippen LogP contribution in [-0.2, 0) is 17.9 Å². The van der Waals surface area contributed by atoms with Gasteiger partial charge in [0.15, 0.2) is 11.5 Å². The molecule has 0 aliphatic carbocycles. The second-order valence-corrected chi connectivity index (χ2v) is 7.23. The fourth-order valence-corrected chi connectivity index (χ4v) is 3.80. The highest BCUT2D eigenvalue weighted by Gasteiger charge is 2.46. The minimum atomic E-state index is -0.418. The van der Waals surface area contributed by atoms with Crippen LogP contribution in [0.2, 0.25) is 0 Å². The molecule has 0 saturated carbocycles. The highest BCUT2D eigenvalue weighted by Crippen LogP contribution is 2.34. The highest BCUT2D eigenvalue weighted by molar-refractivity contribution is 7.07. The van der Waals surface area contributed by atoms with Crippen LogP contribution in [-0.4, -0.2) is 29.7 Å². The average Bonchev–Trinajstić information content (AvgIpc) is 3.26. The smallest absolute Gasteiger partial charge is 0.240 e. The molecule has 2 aromatic rings. The van der Waals surface area contributed by atoms with E-state index in [0.29, 0.717) is 6.54 Å². The Bertz CT molecular complexity index is 747. The lowest BCUT2D eigenvalue weighted by Crippen LogP contribution is -2.65. The molecule has 1 fully saturated rings. The van der Waals surface area contributed by atoms with E-state index in [4.69, 9.17) is 9.47 Å². The lowest BCUT2D eigenvalue weighted by Gasteiger charge is -2.49. The molecule has 1 aromatic heterocycles. The van der Waals surface area contributed by atoms with Crippen LogP contribution in [0.25, 0.3) is 0 Å². The van der Waals surface area contributed by atoms with Crippen molar-refractivity contribution in [3.63, 3.8) is 0 Å². The standard InChI is InChI=1S/C18H20N2O3S/c1-18(5-6-20(18)10-14-4-7-24-11-14)17(21)19-9-13-2-3-15-16(8-13)23-12-22-15/h2-4,7-8,11H,5-6,9-10,12H2,1H3,(H,19,21). The number of hydrogen-bond donors (Lipinski definition) is 1. The number of fused-ring (bicyclic) bond motifs is 1. The summed E-state index contributed by atoms with van der Waals surface area (Å²) in [7, 11) is 0. The maximum atomic E-state index is 12.7. The molecule has 5 nitrogen and oxygen atoms in total. The van der Waals surface area contributed by atoms with Crippen molar-refractivity contribution in [3.8, 4) is 11.5 Å². The Labute approximate surface area is 145 Å². The summed E-state index contributed by atoms with van der Waals surface area (Å²) < 4.78 is 10.7. The van der Waals surface area contributed by atoms with Crippen LogP contribution in [0, 0.1) is 0 Å². The maximum Gasteiger partial charge on any atom is 0.240 e. The molecule has 6 heteroatoms. The van der Waals surface area contributed by atoms with Gasteiger partial charge in [-0.05, 0) is 53.4 Å². The number of rotatable bonds is 5. The minimum absolute atomic E-state index is 0.0849. The molecule has 4 rings (SSSR count). The zero-order chi connectivity index (χ0) is 16.6. The van der Waals surface area contributed by atoms with Crippen LogP contribution in [0.5, 0.6) is 11.5 Å². The van der Waals surface area contributed by atoms with Crippen LogP contribution in [0.15, 0.2) is 35.0 Å². The van der Waals surface area contributed by atoms with E-state index < -0.39 is 5.54 Å². The SMILES string of the molecule is CC1(C(=O)NCc2ccc3c(c2)OCO3)CCN1Cc1ccsc1. The fraction of sp³-hybridized carbons (Fsp3) is 0.389. The van der Waals surface area contributed by atoms with Gasteiger partial charge in [-0.15, -0.1) is 0 Å². The molecular formula is C18H20N2O3S. The van der Waals surface area contributed by atoms with Gasteiger partial charge in [0.1, 0.15) is 0 Å². The molecule has 0 spiro atoms. The van der Waals surface area contributed by atoms with Crippen LogP contribution in [0.4, 0.5) is 0 Å². The molecule has 0 radical (unpaired) electrons. The van der Waals surface area contributed by atoms with Gasteiger partial charge in [-0.1, -0.05) is 6.07 Å². The molecule has 1 N–H and O–H groups in total. The molecule has 1 amide bonds. The van der Waals surface area contributed by atoms with Crippen molar-refractivity contribution >= 4 is 17.2 Å². The van der Waals surface area contributed by atoms with Gasteiger partial charge in [0.25, 0.3) is 0 Å². The number of hydrogen-bond acceptors (Lipinski definition) is 5. The van der Waals surface area contributed by atoms with Crippen LogP contribution < -0.4 is 14.8 Å². The molecule has 1 atom stereocenters. The monoisotopic (exact) mass is 344 g/mol. The highest BCUT2D eigenvalue weighted by atomic mass is 32.1. The van der Waals surface area contributed by atoms with Crippen LogP contribution >= 0.6 is 11.3 Å². The quantitative estimate of drug-likeness (QED) is 0.906. The number of amides is 1. The van der Waals surface area contributed by atoms with Gasteiger partial charge in [-0.2, -0.15) is 11.3 Å². The molecule has 0 bridgehead atoms. The third kappa shape index (κ3) is 2.76. The number of carbonyl (C=O) groups is 1. The van der Waals surface area contributed by atoms with Gasteiger partial charge < -0.3 is 14.8 Å². The number of nitrogens with one attached hydrogen (secondary N) is 1. The summed E-state index contributed by atoms with van der Waals surface area (Å²) in [6.07, 6.45) is 0.893. The fourth-order valence-electron chi connectivity index (χ4n) is 3.14. The minimum Gasteiger partial charge on any atom is -0.454 e. The number of carbonyl (C=O) groups excluding carboxylic acids is 1. The first-order chi connectivity index (χ1) is 11.6. The molecule has 2 aliphatic heterocycles. The summed E-state index contributed by atoms with van der Waals surface area (Å²) in [6, 6.07) is 7.89. The number of nitrogens with zero attached hydrogens (tertiary/aromatic N) is 1. The molecule has 24 heavy (non-hydrogen) atoms. The van der Waals surface area contributed by atoms with Crippen molar-refractivity contribution < 1.29 is 14.3 Å². The summed E-state index contributed by atoms with van der Waals surface area (Å²) in [5, 5.41) is 7.29. The molecule has 3 heterocycles. The molecule has 126 valence electrons. The second-order valence-electron chi connectivity index (χ2n) is 6.45. The Hall–Kier alpha value is -2.05. The van der Waals surface area contributed by atoms with E-state index in [0.717, 1.165) is 36.6 Å². The molecule has 1 aromatic carbocycles. The van der Waals surface area contributed by atoms with E-state index in [9.17, 15) is 4.79 Å². The first-order valence-corrected chi connectivity index (χ1v) is 9.02. The van der Waals surface area contributed by atoms with Gasteiger partial charge in [0, 0.05) is 19.6 Å². The largest absolute Gasteiger partial charge is 0.454 e. The Morgan fingerprint density at radius 1 is 1.29 bits per heavy atom. The van der Waals surface area contributed by atoms with E-state index in [1.54, 1.807) is 11.3 Å².